The number of aromatic nitrogens is 5. The van der Waals surface area contributed by atoms with E-state index in [-0.39, 0.29) is 5.92 Å². The van der Waals surface area contributed by atoms with Gasteiger partial charge in [0.15, 0.2) is 11.6 Å². The predicted octanol–water partition coefficient (Wildman–Crippen LogP) is 17.3. The van der Waals surface area contributed by atoms with Gasteiger partial charge < -0.3 is 13.9 Å². The second-order valence-electron chi connectivity index (χ2n) is 20.2. The van der Waals surface area contributed by atoms with Gasteiger partial charge in [-0.2, -0.15) is 0 Å². The Hall–Kier alpha value is -9.91. The number of nitrogens with zero attached hydrogens (tertiary/aromatic N) is 5. The molecule has 0 fully saturated rings. The molecule has 10 aromatic carbocycles. The summed E-state index contributed by atoms with van der Waals surface area (Å²) in [6.07, 6.45) is 6.40. The molecule has 13 aromatic rings. The van der Waals surface area contributed by atoms with E-state index in [9.17, 15) is 0 Å². The van der Waals surface area contributed by atoms with Gasteiger partial charge in [0.25, 0.3) is 0 Å². The van der Waals surface area contributed by atoms with Crippen LogP contribution in [0.25, 0.3) is 111 Å². The summed E-state index contributed by atoms with van der Waals surface area (Å²) in [5.74, 6) is 3.54. The maximum absolute atomic E-state index is 6.71. The number of benzene rings is 10. The summed E-state index contributed by atoms with van der Waals surface area (Å²) in [6, 6.07) is 86.8. The Bertz CT molecular complexity index is 4440. The van der Waals surface area contributed by atoms with Crippen molar-refractivity contribution >= 4 is 43.6 Å². The molecule has 2 unspecified atom stereocenters. The van der Waals surface area contributed by atoms with Gasteiger partial charge in [0, 0.05) is 49.6 Å². The zero-order valence-corrected chi connectivity index (χ0v) is 41.5. The summed E-state index contributed by atoms with van der Waals surface area (Å²) in [5.41, 5.74) is 16.2. The van der Waals surface area contributed by atoms with Crippen LogP contribution in [0.1, 0.15) is 24.2 Å². The second kappa shape index (κ2) is 17.4. The van der Waals surface area contributed by atoms with E-state index in [0.29, 0.717) is 17.5 Å². The van der Waals surface area contributed by atoms with Crippen LogP contribution in [0.15, 0.2) is 267 Å². The second-order valence-corrected chi connectivity index (χ2v) is 20.2. The summed E-state index contributed by atoms with van der Waals surface area (Å²) in [6.45, 7) is 2.23. The summed E-state index contributed by atoms with van der Waals surface area (Å²) in [7, 11) is 0. The van der Waals surface area contributed by atoms with E-state index >= 15 is 0 Å². The first-order valence-corrected chi connectivity index (χ1v) is 25.9. The van der Waals surface area contributed by atoms with Crippen LogP contribution in [-0.2, 0) is 5.41 Å². The number of hydrogen-bond acceptors (Lipinski definition) is 4. The Kier molecular flexibility index (Phi) is 9.97. The monoisotopic (exact) mass is 973 g/mol. The van der Waals surface area contributed by atoms with Crippen LogP contribution in [0.2, 0.25) is 0 Å². The van der Waals surface area contributed by atoms with Gasteiger partial charge in [-0.05, 0) is 125 Å². The van der Waals surface area contributed by atoms with Gasteiger partial charge in [0.1, 0.15) is 17.3 Å². The van der Waals surface area contributed by atoms with Crippen LogP contribution >= 0.6 is 0 Å². The molecule has 2 aliphatic rings. The highest BCUT2D eigenvalue weighted by molar-refractivity contribution is 6.13. The first kappa shape index (κ1) is 43.7. The van der Waals surface area contributed by atoms with E-state index in [1.807, 2.05) is 36.4 Å². The molecule has 6 heteroatoms. The van der Waals surface area contributed by atoms with Crippen molar-refractivity contribution in [2.45, 2.75) is 18.3 Å². The highest BCUT2D eigenvalue weighted by atomic mass is 16.5. The zero-order valence-electron chi connectivity index (χ0n) is 41.5. The van der Waals surface area contributed by atoms with Gasteiger partial charge in [-0.1, -0.05) is 176 Å². The van der Waals surface area contributed by atoms with E-state index in [1.54, 1.807) is 0 Å². The van der Waals surface area contributed by atoms with Gasteiger partial charge >= 0.3 is 0 Å². The molecule has 358 valence electrons. The van der Waals surface area contributed by atoms with E-state index in [4.69, 9.17) is 19.7 Å². The van der Waals surface area contributed by atoms with Crippen LogP contribution in [0.4, 0.5) is 0 Å². The summed E-state index contributed by atoms with van der Waals surface area (Å²) < 4.78 is 11.5. The minimum absolute atomic E-state index is 0.167. The third kappa shape index (κ3) is 7.06. The Balaban J connectivity index is 0.848. The van der Waals surface area contributed by atoms with Crippen molar-refractivity contribution in [2.24, 2.45) is 0 Å². The minimum atomic E-state index is -0.654. The molecule has 15 rings (SSSR count). The Morgan fingerprint density at radius 1 is 0.382 bits per heavy atom. The molecule has 0 bridgehead atoms. The molecule has 6 nitrogen and oxygen atoms in total. The van der Waals surface area contributed by atoms with Gasteiger partial charge in [-0.25, -0.2) is 15.0 Å². The highest BCUT2D eigenvalue weighted by Gasteiger charge is 2.47. The molecule has 1 aliphatic carbocycles. The molecule has 0 saturated heterocycles. The average Bonchev–Trinajstić information content (AvgIpc) is 4.19. The quantitative estimate of drug-likeness (QED) is 0.152. The maximum atomic E-state index is 6.71. The first-order valence-electron chi connectivity index (χ1n) is 25.9. The summed E-state index contributed by atoms with van der Waals surface area (Å²) in [4.78, 5) is 15.5. The topological polar surface area (TPSA) is 57.8 Å². The Morgan fingerprint density at radius 2 is 0.842 bits per heavy atom. The van der Waals surface area contributed by atoms with E-state index < -0.39 is 5.41 Å². The third-order valence-corrected chi connectivity index (χ3v) is 15.6. The number of hydrogen-bond donors (Lipinski definition) is 0. The number of rotatable bonds is 8. The van der Waals surface area contributed by atoms with Crippen molar-refractivity contribution in [2.75, 3.05) is 0 Å². The zero-order chi connectivity index (χ0) is 50.3. The molecule has 2 atom stereocenters. The Morgan fingerprint density at radius 3 is 1.46 bits per heavy atom. The minimum Gasteiger partial charge on any atom is -0.461 e. The number of fused-ring (bicyclic) bond motifs is 9. The van der Waals surface area contributed by atoms with Crippen molar-refractivity contribution in [1.29, 1.82) is 0 Å². The lowest BCUT2D eigenvalue weighted by molar-refractivity contribution is 0.373. The van der Waals surface area contributed by atoms with E-state index in [0.717, 1.165) is 67.3 Å². The van der Waals surface area contributed by atoms with Crippen LogP contribution in [-0.4, -0.2) is 24.1 Å². The molecular formula is C70H47N5O. The number of para-hydroxylation sites is 2. The summed E-state index contributed by atoms with van der Waals surface area (Å²) in [5, 5.41) is 4.82. The molecule has 0 amide bonds. The normalized spacial score (nSPS) is 15.8. The molecule has 1 aliphatic heterocycles. The Labute approximate surface area is 439 Å². The van der Waals surface area contributed by atoms with Crippen molar-refractivity contribution in [3.63, 3.8) is 0 Å². The van der Waals surface area contributed by atoms with Gasteiger partial charge in [-0.3, -0.25) is 0 Å². The number of allylic oxidation sites excluding steroid dienone is 4. The van der Waals surface area contributed by atoms with Crippen LogP contribution < -0.4 is 4.74 Å². The standard InChI is InChI=1S/C70H47N5O/c1-70(69-72-67(46-20-8-3-9-21-46)71-68(73-69)47-22-10-4-11-23-47)39-17-30-65-66(70)59-44-52(34-38-64(59)76-65)51-33-37-63-58(43-51)57-42-50(32-36-62(57)74(63)53-25-12-5-13-26-53)49-31-35-61-56(41-49)55-28-14-15-29-60(55)75(61)54-27-16-24-48(40-54)45-18-6-2-7-19-45/h2-44,66H,1H3. The van der Waals surface area contributed by atoms with E-state index in [2.05, 4.69) is 241 Å². The lowest BCUT2D eigenvalue weighted by atomic mass is 9.70. The highest BCUT2D eigenvalue weighted by Crippen LogP contribution is 2.54. The van der Waals surface area contributed by atoms with Gasteiger partial charge in [-0.15, -0.1) is 0 Å². The smallest absolute Gasteiger partial charge is 0.163 e. The third-order valence-electron chi connectivity index (χ3n) is 15.6. The predicted molar refractivity (Wildman–Crippen MR) is 310 cm³/mol. The number of ether oxygens (including phenoxy) is 1. The fourth-order valence-electron chi connectivity index (χ4n) is 12.0. The fraction of sp³-hybridized carbons (Fsp3) is 0.0429. The fourth-order valence-corrected chi connectivity index (χ4v) is 12.0. The van der Waals surface area contributed by atoms with Gasteiger partial charge in [0.05, 0.1) is 33.4 Å². The van der Waals surface area contributed by atoms with Gasteiger partial charge in [0.2, 0.25) is 0 Å². The molecule has 4 heterocycles. The molecule has 0 N–H and O–H groups in total. The van der Waals surface area contributed by atoms with Crippen LogP contribution in [0.5, 0.6) is 5.75 Å². The van der Waals surface area contributed by atoms with Crippen LogP contribution in [0.3, 0.4) is 0 Å². The SMILES string of the molecule is CC1(c2nc(-c3ccccc3)nc(-c3ccccc3)n2)C=CC=C2Oc3ccc(-c4ccc5c(c4)c4cc(-c6ccc7c(c6)c6ccccc6n7-c6cccc(-c7ccccc7)c6)ccc4n5-c4ccccc4)cc3C21. The lowest BCUT2D eigenvalue weighted by Gasteiger charge is -2.33. The average molecular weight is 974 g/mol. The van der Waals surface area contributed by atoms with Crippen molar-refractivity contribution in [1.82, 2.24) is 24.1 Å². The largest absolute Gasteiger partial charge is 0.461 e. The maximum Gasteiger partial charge on any atom is 0.163 e. The molecule has 0 spiro atoms. The van der Waals surface area contributed by atoms with Crippen molar-refractivity contribution in [3.05, 3.63) is 278 Å². The molecular weight excluding hydrogens is 927 g/mol. The van der Waals surface area contributed by atoms with Crippen molar-refractivity contribution < 1.29 is 4.74 Å². The first-order chi connectivity index (χ1) is 37.5. The molecule has 3 aromatic heterocycles. The lowest BCUT2D eigenvalue weighted by Crippen LogP contribution is -2.33. The molecule has 0 radical (unpaired) electrons. The van der Waals surface area contributed by atoms with Crippen molar-refractivity contribution in [3.8, 4) is 73.3 Å². The van der Waals surface area contributed by atoms with E-state index in [1.165, 1.54) is 49.3 Å². The van der Waals surface area contributed by atoms with Crippen LogP contribution in [0, 0.1) is 0 Å². The molecule has 76 heavy (non-hydrogen) atoms. The summed E-state index contributed by atoms with van der Waals surface area (Å²) >= 11 is 0. The molecule has 0 saturated carbocycles.